The van der Waals surface area contributed by atoms with E-state index < -0.39 is 29.9 Å². The Kier molecular flexibility index (Phi) is 14.7. The molecule has 1 aromatic heterocycles. The van der Waals surface area contributed by atoms with Crippen molar-refractivity contribution in [3.8, 4) is 0 Å². The average Bonchev–Trinajstić information content (AvgIpc) is 3.41. The molecule has 2 heterocycles. The molecule has 0 radical (unpaired) electrons. The van der Waals surface area contributed by atoms with E-state index in [2.05, 4.69) is 28.2 Å². The Morgan fingerprint density at radius 1 is 1.08 bits per heavy atom. The second kappa shape index (κ2) is 18.0. The summed E-state index contributed by atoms with van der Waals surface area (Å²) in [6.07, 6.45) is 16.7. The van der Waals surface area contributed by atoms with Crippen LogP contribution in [0.5, 0.6) is 0 Å². The Morgan fingerprint density at radius 3 is 2.51 bits per heavy atom. The highest BCUT2D eigenvalue weighted by atomic mass is 16.3. The lowest BCUT2D eigenvalue weighted by molar-refractivity contribution is -0.131. The largest absolute Gasteiger partial charge is 0.469 e. The summed E-state index contributed by atoms with van der Waals surface area (Å²) in [4.78, 5) is 51.2. The highest BCUT2D eigenvalue weighted by molar-refractivity contribution is 5.93. The van der Waals surface area contributed by atoms with Crippen molar-refractivity contribution in [2.45, 2.75) is 103 Å². The van der Waals surface area contributed by atoms with Crippen molar-refractivity contribution in [2.24, 2.45) is 5.92 Å². The number of nitrogens with one attached hydrogen (secondary N) is 4. The molecule has 4 N–H and O–H groups in total. The van der Waals surface area contributed by atoms with Crippen LogP contribution in [0.25, 0.3) is 0 Å². The van der Waals surface area contributed by atoms with E-state index in [1.165, 1.54) is 38.0 Å². The van der Waals surface area contributed by atoms with Crippen LogP contribution in [0.3, 0.4) is 0 Å². The first-order valence-electron chi connectivity index (χ1n) is 14.3. The second-order valence-electron chi connectivity index (χ2n) is 10.4. The molecule has 216 valence electrons. The lowest BCUT2D eigenvalue weighted by Crippen LogP contribution is -2.55. The molecule has 1 aliphatic rings. The molecule has 39 heavy (non-hydrogen) atoms. The summed E-state index contributed by atoms with van der Waals surface area (Å²) < 4.78 is 5.43. The summed E-state index contributed by atoms with van der Waals surface area (Å²) in [5.41, 5.74) is 0. The van der Waals surface area contributed by atoms with E-state index in [0.717, 1.165) is 19.3 Å². The van der Waals surface area contributed by atoms with Crippen LogP contribution in [0.1, 0.15) is 84.3 Å². The van der Waals surface area contributed by atoms with Gasteiger partial charge in [0, 0.05) is 31.5 Å². The third-order valence-electron chi connectivity index (χ3n) is 6.65. The monoisotopic (exact) mass is 542 g/mol. The van der Waals surface area contributed by atoms with Gasteiger partial charge in [-0.2, -0.15) is 0 Å². The normalized spacial score (nSPS) is 20.6. The molecule has 0 aliphatic carbocycles. The third kappa shape index (κ3) is 12.8. The molecule has 2 rings (SSSR count). The highest BCUT2D eigenvalue weighted by Crippen LogP contribution is 2.10. The fourth-order valence-corrected chi connectivity index (χ4v) is 4.26. The third-order valence-corrected chi connectivity index (χ3v) is 6.65. The molecule has 9 nitrogen and oxygen atoms in total. The van der Waals surface area contributed by atoms with E-state index in [0.29, 0.717) is 25.1 Å². The zero-order valence-corrected chi connectivity index (χ0v) is 23.7. The van der Waals surface area contributed by atoms with Crippen molar-refractivity contribution >= 4 is 23.6 Å². The summed E-state index contributed by atoms with van der Waals surface area (Å²) in [6, 6.07) is 1.25. The standard InChI is InChI=1S/C30H46N4O5/c1-4-5-6-7-8-9-10-16-28(36)32-26(21-23-14-13-20-39-23)30(38)34-25-15-11-12-19-31-27(35)18-17-24(22(2)3)33-29(25)37/h11,13-15,17-18,20,22,24-26H,4-10,12,16,19,21H2,1-3H3,(H,31,35)(H,32,36)(H,33,37)(H,34,38)/b15-11+,18-17+/t24-,25+,26+/m1/s1. The Labute approximate surface area is 232 Å². The van der Waals surface area contributed by atoms with Gasteiger partial charge in [0.1, 0.15) is 17.8 Å². The molecule has 0 aromatic carbocycles. The Bertz CT molecular complexity index is 955. The van der Waals surface area contributed by atoms with E-state index in [4.69, 9.17) is 4.42 Å². The molecule has 1 aliphatic heterocycles. The van der Waals surface area contributed by atoms with Crippen molar-refractivity contribution in [1.29, 1.82) is 0 Å². The zero-order chi connectivity index (χ0) is 28.5. The summed E-state index contributed by atoms with van der Waals surface area (Å²) in [5, 5.41) is 11.3. The van der Waals surface area contributed by atoms with Gasteiger partial charge in [-0.1, -0.05) is 77.5 Å². The Hall–Kier alpha value is -3.36. The molecule has 0 unspecified atom stereocenters. The van der Waals surface area contributed by atoms with Gasteiger partial charge in [-0.25, -0.2) is 0 Å². The molecule has 0 saturated carbocycles. The molecule has 0 bridgehead atoms. The van der Waals surface area contributed by atoms with Crippen LogP contribution < -0.4 is 21.3 Å². The minimum absolute atomic E-state index is 0.0268. The van der Waals surface area contributed by atoms with Gasteiger partial charge in [0.05, 0.1) is 6.26 Å². The maximum Gasteiger partial charge on any atom is 0.247 e. The second-order valence-corrected chi connectivity index (χ2v) is 10.4. The van der Waals surface area contributed by atoms with Gasteiger partial charge in [0.25, 0.3) is 0 Å². The topological polar surface area (TPSA) is 130 Å². The molecule has 3 atom stereocenters. The number of hydrogen-bond donors (Lipinski definition) is 4. The van der Waals surface area contributed by atoms with E-state index in [1.54, 1.807) is 30.4 Å². The predicted molar refractivity (Wildman–Crippen MR) is 152 cm³/mol. The smallest absolute Gasteiger partial charge is 0.247 e. The van der Waals surface area contributed by atoms with Crippen LogP contribution >= 0.6 is 0 Å². The van der Waals surface area contributed by atoms with Crippen molar-refractivity contribution in [2.75, 3.05) is 6.54 Å². The van der Waals surface area contributed by atoms with Gasteiger partial charge in [-0.05, 0) is 30.9 Å². The molecule has 0 fully saturated rings. The van der Waals surface area contributed by atoms with Crippen LogP contribution in [-0.4, -0.2) is 48.3 Å². The summed E-state index contributed by atoms with van der Waals surface area (Å²) in [6.45, 7) is 6.46. The fraction of sp³-hybridized carbons (Fsp3) is 0.600. The van der Waals surface area contributed by atoms with E-state index in [9.17, 15) is 19.2 Å². The molecule has 0 spiro atoms. The Morgan fingerprint density at radius 2 is 1.82 bits per heavy atom. The summed E-state index contributed by atoms with van der Waals surface area (Å²) in [7, 11) is 0. The minimum Gasteiger partial charge on any atom is -0.469 e. The number of furan rings is 1. The van der Waals surface area contributed by atoms with Crippen LogP contribution in [0, 0.1) is 5.92 Å². The zero-order valence-electron chi connectivity index (χ0n) is 23.7. The van der Waals surface area contributed by atoms with E-state index >= 15 is 0 Å². The number of unbranched alkanes of at least 4 members (excludes halogenated alkanes) is 6. The quantitative estimate of drug-likeness (QED) is 0.210. The number of carbonyl (C=O) groups excluding carboxylic acids is 4. The molecule has 9 heteroatoms. The van der Waals surface area contributed by atoms with Gasteiger partial charge in [-0.15, -0.1) is 0 Å². The highest BCUT2D eigenvalue weighted by Gasteiger charge is 2.27. The molecular weight excluding hydrogens is 496 g/mol. The average molecular weight is 543 g/mol. The number of hydrogen-bond acceptors (Lipinski definition) is 5. The fourth-order valence-electron chi connectivity index (χ4n) is 4.26. The van der Waals surface area contributed by atoms with Gasteiger partial charge in [0.15, 0.2) is 0 Å². The van der Waals surface area contributed by atoms with Crippen LogP contribution in [0.15, 0.2) is 47.1 Å². The van der Waals surface area contributed by atoms with Crippen molar-refractivity contribution in [3.63, 3.8) is 0 Å². The number of carbonyl (C=O) groups is 4. The predicted octanol–water partition coefficient (Wildman–Crippen LogP) is 3.71. The summed E-state index contributed by atoms with van der Waals surface area (Å²) >= 11 is 0. The maximum absolute atomic E-state index is 13.4. The van der Waals surface area contributed by atoms with Crippen molar-refractivity contribution in [1.82, 2.24) is 21.3 Å². The molecule has 1 aromatic rings. The van der Waals surface area contributed by atoms with Crippen LogP contribution in [-0.2, 0) is 25.6 Å². The maximum atomic E-state index is 13.4. The van der Waals surface area contributed by atoms with Crippen molar-refractivity contribution < 1.29 is 23.6 Å². The number of amides is 4. The van der Waals surface area contributed by atoms with Gasteiger partial charge < -0.3 is 25.7 Å². The summed E-state index contributed by atoms with van der Waals surface area (Å²) in [5.74, 6) is -0.697. The van der Waals surface area contributed by atoms with E-state index in [1.807, 2.05) is 13.8 Å². The van der Waals surface area contributed by atoms with Crippen LogP contribution in [0.2, 0.25) is 0 Å². The molecular formula is C30H46N4O5. The van der Waals surface area contributed by atoms with Gasteiger partial charge in [0.2, 0.25) is 23.6 Å². The van der Waals surface area contributed by atoms with Crippen molar-refractivity contribution in [3.05, 3.63) is 48.5 Å². The van der Waals surface area contributed by atoms with Crippen LogP contribution in [0.4, 0.5) is 0 Å². The lowest BCUT2D eigenvalue weighted by atomic mass is 10.0. The lowest BCUT2D eigenvalue weighted by Gasteiger charge is -2.24. The molecule has 0 saturated heterocycles. The first-order valence-corrected chi connectivity index (χ1v) is 14.3. The number of rotatable bonds is 14. The minimum atomic E-state index is -0.943. The first-order chi connectivity index (χ1) is 18.8. The Balaban J connectivity index is 2.05. The van der Waals surface area contributed by atoms with Gasteiger partial charge in [-0.3, -0.25) is 19.2 Å². The SMILES string of the molecule is CCCCCCCCCC(=O)N[C@@H](Cc1ccco1)C(=O)N[C@H]1/C=C/CCNC(=O)/C=C/[C@H](C(C)C)NC1=O. The molecule has 4 amide bonds. The first kappa shape index (κ1) is 31.9. The van der Waals surface area contributed by atoms with E-state index in [-0.39, 0.29) is 24.2 Å². The van der Waals surface area contributed by atoms with Gasteiger partial charge >= 0.3 is 0 Å².